The zero-order valence-electron chi connectivity index (χ0n) is 12.2. The van der Waals surface area contributed by atoms with Gasteiger partial charge in [-0.25, -0.2) is 0 Å². The molecule has 1 aromatic heterocycles. The molecule has 0 aliphatic carbocycles. The van der Waals surface area contributed by atoms with E-state index in [1.54, 1.807) is 17.3 Å². The van der Waals surface area contributed by atoms with Crippen LogP contribution in [0.25, 0.3) is 0 Å². The number of hydrogen-bond acceptors (Lipinski definition) is 4. The Morgan fingerprint density at radius 1 is 1.57 bits per heavy atom. The summed E-state index contributed by atoms with van der Waals surface area (Å²) in [6, 6.07) is 5.78. The highest BCUT2D eigenvalue weighted by Gasteiger charge is 2.22. The van der Waals surface area contributed by atoms with Gasteiger partial charge in [-0.1, -0.05) is 13.0 Å². The maximum atomic E-state index is 12.3. The third-order valence-corrected chi connectivity index (χ3v) is 3.70. The van der Waals surface area contributed by atoms with Crippen LogP contribution < -0.4 is 5.32 Å². The minimum absolute atomic E-state index is 0.161. The van der Waals surface area contributed by atoms with Gasteiger partial charge in [0.25, 0.3) is 5.91 Å². The zero-order chi connectivity index (χ0) is 15.1. The Kier molecular flexibility index (Phi) is 5.33. The standard InChI is InChI=1S/C16H20N4O/c1-13-4-7-20(8-5-13)16(21)15(9-17)12-19-11-14-3-2-6-18-10-14/h2-3,6,10,12-13,19H,4-5,7-8,11H2,1H3/b15-12-. The van der Waals surface area contributed by atoms with Crippen molar-refractivity contribution in [1.29, 1.82) is 5.26 Å². The maximum Gasteiger partial charge on any atom is 0.265 e. The van der Waals surface area contributed by atoms with E-state index in [0.29, 0.717) is 12.5 Å². The first kappa shape index (κ1) is 15.0. The molecule has 5 nitrogen and oxygen atoms in total. The van der Waals surface area contributed by atoms with Crippen molar-refractivity contribution in [3.05, 3.63) is 41.9 Å². The quantitative estimate of drug-likeness (QED) is 0.676. The lowest BCUT2D eigenvalue weighted by Gasteiger charge is -2.30. The SMILES string of the molecule is CC1CCN(C(=O)/C(C#N)=C\NCc2cccnc2)CC1. The van der Waals surface area contributed by atoms with Gasteiger partial charge in [-0.15, -0.1) is 0 Å². The fourth-order valence-electron chi connectivity index (χ4n) is 2.30. The molecule has 1 fully saturated rings. The van der Waals surface area contributed by atoms with E-state index in [4.69, 9.17) is 5.26 Å². The molecule has 21 heavy (non-hydrogen) atoms. The summed E-state index contributed by atoms with van der Waals surface area (Å²) < 4.78 is 0. The maximum absolute atomic E-state index is 12.3. The van der Waals surface area contributed by atoms with Crippen molar-refractivity contribution in [2.75, 3.05) is 13.1 Å². The molecule has 1 amide bonds. The summed E-state index contributed by atoms with van der Waals surface area (Å²) in [6.45, 7) is 4.21. The Morgan fingerprint density at radius 3 is 2.95 bits per heavy atom. The molecule has 1 aliphatic heterocycles. The van der Waals surface area contributed by atoms with Gasteiger partial charge < -0.3 is 10.2 Å². The Hall–Kier alpha value is -2.35. The zero-order valence-corrected chi connectivity index (χ0v) is 12.2. The van der Waals surface area contributed by atoms with Gasteiger partial charge in [0.1, 0.15) is 11.6 Å². The molecule has 0 aromatic carbocycles. The van der Waals surface area contributed by atoms with Crippen molar-refractivity contribution in [3.63, 3.8) is 0 Å². The van der Waals surface area contributed by atoms with Crippen LogP contribution in [-0.4, -0.2) is 28.9 Å². The molecule has 0 saturated carbocycles. The Balaban J connectivity index is 1.91. The number of amides is 1. The van der Waals surface area contributed by atoms with Crippen LogP contribution >= 0.6 is 0 Å². The van der Waals surface area contributed by atoms with E-state index < -0.39 is 0 Å². The topological polar surface area (TPSA) is 69.0 Å². The average molecular weight is 284 g/mol. The number of nitrogens with zero attached hydrogens (tertiary/aromatic N) is 3. The van der Waals surface area contributed by atoms with E-state index in [-0.39, 0.29) is 11.5 Å². The summed E-state index contributed by atoms with van der Waals surface area (Å²) >= 11 is 0. The van der Waals surface area contributed by atoms with Gasteiger partial charge in [-0.3, -0.25) is 9.78 Å². The molecule has 1 N–H and O–H groups in total. The lowest BCUT2D eigenvalue weighted by molar-refractivity contribution is -0.128. The summed E-state index contributed by atoms with van der Waals surface area (Å²) in [7, 11) is 0. The molecular formula is C16H20N4O. The van der Waals surface area contributed by atoms with Gasteiger partial charge in [0, 0.05) is 38.2 Å². The molecule has 0 radical (unpaired) electrons. The fraction of sp³-hybridized carbons (Fsp3) is 0.438. The molecule has 5 heteroatoms. The summed E-state index contributed by atoms with van der Waals surface area (Å²) in [4.78, 5) is 18.0. The summed E-state index contributed by atoms with van der Waals surface area (Å²) in [5, 5.41) is 12.2. The van der Waals surface area contributed by atoms with E-state index >= 15 is 0 Å². The number of hydrogen-bond donors (Lipinski definition) is 1. The number of piperidine rings is 1. The van der Waals surface area contributed by atoms with Gasteiger partial charge in [-0.2, -0.15) is 5.26 Å². The van der Waals surface area contributed by atoms with Crippen molar-refractivity contribution >= 4 is 5.91 Å². The lowest BCUT2D eigenvalue weighted by Crippen LogP contribution is -2.38. The molecule has 0 spiro atoms. The molecule has 2 rings (SSSR count). The molecule has 0 unspecified atom stereocenters. The predicted octanol–water partition coefficient (Wildman–Crippen LogP) is 1.84. The summed E-state index contributed by atoms with van der Waals surface area (Å²) in [6.07, 6.45) is 6.98. The number of carbonyl (C=O) groups excluding carboxylic acids is 1. The van der Waals surface area contributed by atoms with Gasteiger partial charge in [0.05, 0.1) is 0 Å². The van der Waals surface area contributed by atoms with Crippen LogP contribution in [0.4, 0.5) is 0 Å². The van der Waals surface area contributed by atoms with Crippen molar-refractivity contribution in [1.82, 2.24) is 15.2 Å². The van der Waals surface area contributed by atoms with Gasteiger partial charge in [0.2, 0.25) is 0 Å². The number of aromatic nitrogens is 1. The normalized spacial score (nSPS) is 16.4. The molecule has 110 valence electrons. The minimum atomic E-state index is -0.178. The molecule has 2 heterocycles. The molecule has 1 aromatic rings. The third-order valence-electron chi connectivity index (χ3n) is 3.70. The largest absolute Gasteiger partial charge is 0.386 e. The number of carbonyl (C=O) groups is 1. The van der Waals surface area contributed by atoms with Crippen LogP contribution in [-0.2, 0) is 11.3 Å². The van der Waals surface area contributed by atoms with Crippen LogP contribution in [0.2, 0.25) is 0 Å². The Bertz CT molecular complexity index is 539. The van der Waals surface area contributed by atoms with E-state index in [1.165, 1.54) is 6.20 Å². The number of likely N-dealkylation sites (tertiary alicyclic amines) is 1. The van der Waals surface area contributed by atoms with E-state index in [2.05, 4.69) is 17.2 Å². The fourth-order valence-corrected chi connectivity index (χ4v) is 2.30. The highest BCUT2D eigenvalue weighted by Crippen LogP contribution is 2.17. The second-order valence-electron chi connectivity index (χ2n) is 5.39. The second kappa shape index (κ2) is 7.44. The monoisotopic (exact) mass is 284 g/mol. The van der Waals surface area contributed by atoms with Crippen molar-refractivity contribution in [2.24, 2.45) is 5.92 Å². The van der Waals surface area contributed by atoms with Gasteiger partial charge >= 0.3 is 0 Å². The highest BCUT2D eigenvalue weighted by molar-refractivity contribution is 5.97. The van der Waals surface area contributed by atoms with Crippen LogP contribution in [0.15, 0.2) is 36.3 Å². The first-order valence-corrected chi connectivity index (χ1v) is 7.22. The van der Waals surface area contributed by atoms with Crippen LogP contribution in [0.3, 0.4) is 0 Å². The van der Waals surface area contributed by atoms with Crippen molar-refractivity contribution in [2.45, 2.75) is 26.3 Å². The average Bonchev–Trinajstić information content (AvgIpc) is 2.53. The summed E-state index contributed by atoms with van der Waals surface area (Å²) in [5.41, 5.74) is 1.17. The molecule has 0 bridgehead atoms. The smallest absolute Gasteiger partial charge is 0.265 e. The second-order valence-corrected chi connectivity index (χ2v) is 5.39. The van der Waals surface area contributed by atoms with E-state index in [1.807, 2.05) is 18.2 Å². The molecule has 0 atom stereocenters. The number of rotatable bonds is 4. The van der Waals surface area contributed by atoms with E-state index in [9.17, 15) is 4.79 Å². The molecule has 1 aliphatic rings. The van der Waals surface area contributed by atoms with Crippen LogP contribution in [0.5, 0.6) is 0 Å². The number of pyridine rings is 1. The Labute approximate surface area is 125 Å². The highest BCUT2D eigenvalue weighted by atomic mass is 16.2. The van der Waals surface area contributed by atoms with Gasteiger partial charge in [-0.05, 0) is 30.4 Å². The first-order chi connectivity index (χ1) is 10.2. The van der Waals surface area contributed by atoms with Gasteiger partial charge in [0.15, 0.2) is 0 Å². The number of nitriles is 1. The lowest BCUT2D eigenvalue weighted by atomic mass is 9.99. The molecule has 1 saturated heterocycles. The van der Waals surface area contributed by atoms with Crippen molar-refractivity contribution < 1.29 is 4.79 Å². The minimum Gasteiger partial charge on any atom is -0.386 e. The number of nitrogens with one attached hydrogen (secondary N) is 1. The third kappa shape index (κ3) is 4.32. The molecular weight excluding hydrogens is 264 g/mol. The van der Waals surface area contributed by atoms with Crippen LogP contribution in [0, 0.1) is 17.2 Å². The predicted molar refractivity (Wildman–Crippen MR) is 79.8 cm³/mol. The summed E-state index contributed by atoms with van der Waals surface area (Å²) in [5.74, 6) is 0.482. The first-order valence-electron chi connectivity index (χ1n) is 7.22. The van der Waals surface area contributed by atoms with Crippen LogP contribution in [0.1, 0.15) is 25.3 Å². The van der Waals surface area contributed by atoms with E-state index in [0.717, 1.165) is 31.5 Å². The Morgan fingerprint density at radius 2 is 2.33 bits per heavy atom. The van der Waals surface area contributed by atoms with Crippen molar-refractivity contribution in [3.8, 4) is 6.07 Å².